The SMILES string of the molecule is CCCN(Cc1ccc(CCNC2CC2)cc1)C(C)C. The monoisotopic (exact) mass is 274 g/mol. The van der Waals surface area contributed by atoms with Crippen molar-refractivity contribution in [2.45, 2.75) is 65.1 Å². The molecule has 0 heterocycles. The minimum atomic E-state index is 0.623. The van der Waals surface area contributed by atoms with Gasteiger partial charge in [-0.25, -0.2) is 0 Å². The molecule has 1 N–H and O–H groups in total. The molecule has 1 aromatic rings. The molecule has 0 radical (unpaired) electrons. The fourth-order valence-corrected chi connectivity index (χ4v) is 2.56. The van der Waals surface area contributed by atoms with Crippen molar-refractivity contribution in [3.8, 4) is 0 Å². The molecule has 20 heavy (non-hydrogen) atoms. The second-order valence-electron chi connectivity index (χ2n) is 6.36. The zero-order valence-electron chi connectivity index (χ0n) is 13.4. The quantitative estimate of drug-likeness (QED) is 0.740. The van der Waals surface area contributed by atoms with Crippen LogP contribution in [-0.2, 0) is 13.0 Å². The van der Waals surface area contributed by atoms with E-state index in [-0.39, 0.29) is 0 Å². The molecule has 0 aliphatic heterocycles. The fraction of sp³-hybridized carbons (Fsp3) is 0.667. The van der Waals surface area contributed by atoms with Crippen LogP contribution in [-0.4, -0.2) is 30.1 Å². The molecule has 2 nitrogen and oxygen atoms in total. The van der Waals surface area contributed by atoms with Gasteiger partial charge in [0.2, 0.25) is 0 Å². The van der Waals surface area contributed by atoms with Crippen molar-refractivity contribution in [1.29, 1.82) is 0 Å². The summed E-state index contributed by atoms with van der Waals surface area (Å²) in [4.78, 5) is 2.55. The smallest absolute Gasteiger partial charge is 0.0236 e. The first-order chi connectivity index (χ1) is 9.69. The minimum Gasteiger partial charge on any atom is -0.314 e. The standard InChI is InChI=1S/C18H30N2/c1-4-13-20(15(2)3)14-17-7-5-16(6-8-17)11-12-19-18-9-10-18/h5-8,15,18-19H,4,9-14H2,1-3H3. The summed E-state index contributed by atoms with van der Waals surface area (Å²) in [6.07, 6.45) is 5.13. The van der Waals surface area contributed by atoms with Gasteiger partial charge in [0.1, 0.15) is 0 Å². The average molecular weight is 274 g/mol. The molecule has 0 spiro atoms. The maximum Gasteiger partial charge on any atom is 0.0236 e. The summed E-state index contributed by atoms with van der Waals surface area (Å²) < 4.78 is 0. The Kier molecular flexibility index (Phi) is 6.06. The third-order valence-electron chi connectivity index (χ3n) is 4.07. The summed E-state index contributed by atoms with van der Waals surface area (Å²) in [5.41, 5.74) is 2.89. The molecule has 1 aliphatic rings. The number of rotatable bonds is 9. The van der Waals surface area contributed by atoms with Crippen LogP contribution in [0.4, 0.5) is 0 Å². The van der Waals surface area contributed by atoms with Crippen molar-refractivity contribution < 1.29 is 0 Å². The molecule has 0 unspecified atom stereocenters. The molecule has 1 saturated carbocycles. The molecule has 112 valence electrons. The highest BCUT2D eigenvalue weighted by atomic mass is 15.1. The van der Waals surface area contributed by atoms with Crippen molar-refractivity contribution in [2.24, 2.45) is 0 Å². The maximum atomic E-state index is 3.58. The van der Waals surface area contributed by atoms with Gasteiger partial charge in [-0.15, -0.1) is 0 Å². The molecule has 0 amide bonds. The molecular weight excluding hydrogens is 244 g/mol. The van der Waals surface area contributed by atoms with Gasteiger partial charge in [0.05, 0.1) is 0 Å². The Balaban J connectivity index is 1.79. The summed E-state index contributed by atoms with van der Waals surface area (Å²) in [5.74, 6) is 0. The highest BCUT2D eigenvalue weighted by Gasteiger charge is 2.19. The maximum absolute atomic E-state index is 3.58. The zero-order valence-corrected chi connectivity index (χ0v) is 13.4. The molecule has 1 aromatic carbocycles. The van der Waals surface area contributed by atoms with Gasteiger partial charge in [-0.1, -0.05) is 31.2 Å². The van der Waals surface area contributed by atoms with Crippen LogP contribution < -0.4 is 5.32 Å². The highest BCUT2D eigenvalue weighted by Crippen LogP contribution is 2.18. The summed E-state index contributed by atoms with van der Waals surface area (Å²) >= 11 is 0. The average Bonchev–Trinajstić information content (AvgIpc) is 3.24. The fourth-order valence-electron chi connectivity index (χ4n) is 2.56. The van der Waals surface area contributed by atoms with Gasteiger partial charge in [-0.3, -0.25) is 4.90 Å². The number of nitrogens with one attached hydrogen (secondary N) is 1. The Morgan fingerprint density at radius 1 is 1.15 bits per heavy atom. The van der Waals surface area contributed by atoms with Crippen molar-refractivity contribution >= 4 is 0 Å². The zero-order chi connectivity index (χ0) is 14.4. The second-order valence-corrected chi connectivity index (χ2v) is 6.36. The van der Waals surface area contributed by atoms with E-state index in [1.165, 1.54) is 36.9 Å². The Hall–Kier alpha value is -0.860. The lowest BCUT2D eigenvalue weighted by Gasteiger charge is -2.26. The molecule has 0 saturated heterocycles. The van der Waals surface area contributed by atoms with Crippen LogP contribution in [0.2, 0.25) is 0 Å². The van der Waals surface area contributed by atoms with Crippen LogP contribution in [0.15, 0.2) is 24.3 Å². The molecule has 0 aromatic heterocycles. The van der Waals surface area contributed by atoms with Gasteiger partial charge < -0.3 is 5.32 Å². The Bertz CT molecular complexity index is 379. The van der Waals surface area contributed by atoms with Crippen molar-refractivity contribution in [2.75, 3.05) is 13.1 Å². The van der Waals surface area contributed by atoms with Crippen molar-refractivity contribution in [3.63, 3.8) is 0 Å². The summed E-state index contributed by atoms with van der Waals surface area (Å²) in [6.45, 7) is 10.2. The number of hydrogen-bond acceptors (Lipinski definition) is 2. The lowest BCUT2D eigenvalue weighted by Crippen LogP contribution is -2.30. The Morgan fingerprint density at radius 3 is 2.35 bits per heavy atom. The van der Waals surface area contributed by atoms with Crippen LogP contribution in [0.5, 0.6) is 0 Å². The van der Waals surface area contributed by atoms with Gasteiger partial charge in [-0.05, 0) is 63.7 Å². The summed E-state index contributed by atoms with van der Waals surface area (Å²) in [7, 11) is 0. The summed E-state index contributed by atoms with van der Waals surface area (Å²) in [5, 5.41) is 3.58. The van der Waals surface area contributed by atoms with E-state index in [2.05, 4.69) is 55.3 Å². The molecule has 2 rings (SSSR count). The predicted octanol–water partition coefficient (Wildman–Crippen LogP) is 3.60. The van der Waals surface area contributed by atoms with E-state index in [1.807, 2.05) is 0 Å². The minimum absolute atomic E-state index is 0.623. The molecule has 1 aliphatic carbocycles. The lowest BCUT2D eigenvalue weighted by atomic mass is 10.1. The van der Waals surface area contributed by atoms with Crippen LogP contribution in [0.25, 0.3) is 0 Å². The van der Waals surface area contributed by atoms with E-state index in [0.29, 0.717) is 6.04 Å². The normalized spacial score (nSPS) is 15.2. The van der Waals surface area contributed by atoms with Gasteiger partial charge in [0.15, 0.2) is 0 Å². The lowest BCUT2D eigenvalue weighted by molar-refractivity contribution is 0.213. The van der Waals surface area contributed by atoms with Crippen LogP contribution in [0.3, 0.4) is 0 Å². The van der Waals surface area contributed by atoms with Crippen molar-refractivity contribution in [3.05, 3.63) is 35.4 Å². The topological polar surface area (TPSA) is 15.3 Å². The van der Waals surface area contributed by atoms with Crippen LogP contribution in [0.1, 0.15) is 51.2 Å². The first kappa shape index (κ1) is 15.5. The van der Waals surface area contributed by atoms with E-state index in [9.17, 15) is 0 Å². The number of benzene rings is 1. The van der Waals surface area contributed by atoms with Gasteiger partial charge >= 0.3 is 0 Å². The van der Waals surface area contributed by atoms with E-state index in [1.54, 1.807) is 0 Å². The van der Waals surface area contributed by atoms with Gasteiger partial charge in [0, 0.05) is 18.6 Å². The molecule has 2 heteroatoms. The molecule has 1 fully saturated rings. The third kappa shape index (κ3) is 5.26. The van der Waals surface area contributed by atoms with Gasteiger partial charge in [-0.2, -0.15) is 0 Å². The Morgan fingerprint density at radius 2 is 1.80 bits per heavy atom. The first-order valence-corrected chi connectivity index (χ1v) is 8.24. The molecule has 0 bridgehead atoms. The van der Waals surface area contributed by atoms with E-state index >= 15 is 0 Å². The predicted molar refractivity (Wildman–Crippen MR) is 87.0 cm³/mol. The largest absolute Gasteiger partial charge is 0.314 e. The first-order valence-electron chi connectivity index (χ1n) is 8.24. The molecule has 0 atom stereocenters. The highest BCUT2D eigenvalue weighted by molar-refractivity contribution is 5.22. The van der Waals surface area contributed by atoms with Crippen molar-refractivity contribution in [1.82, 2.24) is 10.2 Å². The van der Waals surface area contributed by atoms with Crippen LogP contribution >= 0.6 is 0 Å². The third-order valence-corrected chi connectivity index (χ3v) is 4.07. The number of nitrogens with zero attached hydrogens (tertiary/aromatic N) is 1. The number of hydrogen-bond donors (Lipinski definition) is 1. The van der Waals surface area contributed by atoms with E-state index in [4.69, 9.17) is 0 Å². The van der Waals surface area contributed by atoms with Gasteiger partial charge in [0.25, 0.3) is 0 Å². The summed E-state index contributed by atoms with van der Waals surface area (Å²) in [6, 6.07) is 10.7. The second kappa shape index (κ2) is 7.80. The Labute approximate surface area is 124 Å². The van der Waals surface area contributed by atoms with E-state index in [0.717, 1.165) is 25.6 Å². The molecular formula is C18H30N2. The van der Waals surface area contributed by atoms with Crippen LogP contribution in [0, 0.1) is 0 Å². The van der Waals surface area contributed by atoms with E-state index < -0.39 is 0 Å².